The molecular formula is C3H5Cl2N. The second kappa shape index (κ2) is 3.47. The van der Waals surface area contributed by atoms with Gasteiger partial charge < -0.3 is 5.73 Å². The largest absolute Gasteiger partial charge is 0.312 e. The van der Waals surface area contributed by atoms with Crippen molar-refractivity contribution in [1.29, 1.82) is 0 Å². The Labute approximate surface area is 46.7 Å². The lowest BCUT2D eigenvalue weighted by Crippen LogP contribution is -2.05. The van der Waals surface area contributed by atoms with Gasteiger partial charge in [-0.15, -0.1) is 11.6 Å². The molecule has 0 aromatic heterocycles. The van der Waals surface area contributed by atoms with Gasteiger partial charge in [-0.05, 0) is 6.08 Å². The van der Waals surface area contributed by atoms with Gasteiger partial charge in [0.1, 0.15) is 0 Å². The van der Waals surface area contributed by atoms with Crippen LogP contribution in [0.4, 0.5) is 0 Å². The fraction of sp³-hybridized carbons (Fsp3) is 0.333. The summed E-state index contributed by atoms with van der Waals surface area (Å²) in [5.74, 6) is 0. The summed E-state index contributed by atoms with van der Waals surface area (Å²) >= 11 is 10.2. The third-order valence-electron chi connectivity index (χ3n) is 0.257. The van der Waals surface area contributed by atoms with Crippen LogP contribution < -0.4 is 5.73 Å². The monoisotopic (exact) mass is 125 g/mol. The van der Waals surface area contributed by atoms with Crippen LogP contribution in [0, 0.1) is 0 Å². The van der Waals surface area contributed by atoms with E-state index in [0.29, 0.717) is 0 Å². The van der Waals surface area contributed by atoms with Gasteiger partial charge in [0.2, 0.25) is 0 Å². The predicted octanol–water partition coefficient (Wildman–Crippen LogP) is 1.26. The van der Waals surface area contributed by atoms with E-state index in [4.69, 9.17) is 28.9 Å². The maximum absolute atomic E-state index is 5.18. The number of nitrogens with two attached hydrogens (primary N) is 1. The molecule has 0 amide bonds. The van der Waals surface area contributed by atoms with E-state index in [0.717, 1.165) is 0 Å². The van der Waals surface area contributed by atoms with Gasteiger partial charge in [-0.2, -0.15) is 0 Å². The van der Waals surface area contributed by atoms with Gasteiger partial charge >= 0.3 is 0 Å². The Morgan fingerprint density at radius 3 is 2.17 bits per heavy atom. The minimum absolute atomic E-state index is 0.442. The Balaban J connectivity index is 3.03. The first-order chi connectivity index (χ1) is 2.77. The van der Waals surface area contributed by atoms with E-state index in [-0.39, 0.29) is 0 Å². The van der Waals surface area contributed by atoms with Crippen LogP contribution in [0.25, 0.3) is 0 Å². The van der Waals surface area contributed by atoms with E-state index in [1.54, 1.807) is 0 Å². The van der Waals surface area contributed by atoms with Crippen molar-refractivity contribution in [2.75, 3.05) is 0 Å². The average Bonchev–Trinajstić information content (AvgIpc) is 1.35. The zero-order chi connectivity index (χ0) is 4.99. The first-order valence-corrected chi connectivity index (χ1v) is 2.31. The van der Waals surface area contributed by atoms with E-state index in [1.165, 1.54) is 11.6 Å². The molecule has 6 heavy (non-hydrogen) atoms. The van der Waals surface area contributed by atoms with Gasteiger partial charge in [-0.3, -0.25) is 0 Å². The number of hydrogen-bond acceptors (Lipinski definition) is 1. The summed E-state index contributed by atoms with van der Waals surface area (Å²) in [7, 11) is 0. The van der Waals surface area contributed by atoms with Crippen LogP contribution in [-0.2, 0) is 0 Å². The fourth-order valence-corrected chi connectivity index (χ4v) is 0.373. The Morgan fingerprint density at radius 1 is 1.67 bits per heavy atom. The summed E-state index contributed by atoms with van der Waals surface area (Å²) in [5.41, 5.74) is 5.84. The smallest absolute Gasteiger partial charge is 0.0998 e. The molecule has 0 saturated heterocycles. The molecule has 0 rings (SSSR count). The van der Waals surface area contributed by atoms with E-state index >= 15 is 0 Å². The van der Waals surface area contributed by atoms with Crippen molar-refractivity contribution in [2.45, 2.75) is 5.50 Å². The zero-order valence-electron chi connectivity index (χ0n) is 3.07. The Bertz CT molecular complexity index is 50.8. The van der Waals surface area contributed by atoms with Gasteiger partial charge in [0.25, 0.3) is 0 Å². The average molecular weight is 126 g/mol. The zero-order valence-corrected chi connectivity index (χ0v) is 4.58. The van der Waals surface area contributed by atoms with Crippen LogP contribution >= 0.6 is 23.2 Å². The van der Waals surface area contributed by atoms with Crippen molar-refractivity contribution in [2.24, 2.45) is 5.73 Å². The fourth-order valence-electron chi connectivity index (χ4n) is 0.0695. The molecule has 0 aliphatic heterocycles. The molecule has 0 aliphatic rings. The highest BCUT2D eigenvalue weighted by molar-refractivity contribution is 6.27. The quantitative estimate of drug-likeness (QED) is 0.415. The van der Waals surface area contributed by atoms with Gasteiger partial charge in [0, 0.05) is 5.54 Å². The molecule has 0 radical (unpaired) electrons. The molecule has 1 atom stereocenters. The summed E-state index contributed by atoms with van der Waals surface area (Å²) in [6.45, 7) is 0. The van der Waals surface area contributed by atoms with E-state index in [2.05, 4.69) is 0 Å². The van der Waals surface area contributed by atoms with Crippen LogP contribution in [0.5, 0.6) is 0 Å². The van der Waals surface area contributed by atoms with Gasteiger partial charge in [-0.25, -0.2) is 0 Å². The minimum atomic E-state index is -0.442. The number of alkyl halides is 1. The first-order valence-electron chi connectivity index (χ1n) is 1.44. The first kappa shape index (κ1) is 6.28. The summed E-state index contributed by atoms with van der Waals surface area (Å²) < 4.78 is 0. The lowest BCUT2D eigenvalue weighted by molar-refractivity contribution is 1.15. The molecule has 0 heterocycles. The van der Waals surface area contributed by atoms with E-state index in [1.807, 2.05) is 0 Å². The van der Waals surface area contributed by atoms with Crippen LogP contribution in [0.3, 0.4) is 0 Å². The number of rotatable bonds is 1. The van der Waals surface area contributed by atoms with Crippen molar-refractivity contribution in [3.63, 3.8) is 0 Å². The van der Waals surface area contributed by atoms with E-state index < -0.39 is 5.50 Å². The summed E-state index contributed by atoms with van der Waals surface area (Å²) in [6, 6.07) is 0. The predicted molar refractivity (Wildman–Crippen MR) is 28.8 cm³/mol. The molecule has 0 aromatic carbocycles. The maximum atomic E-state index is 5.18. The molecular weight excluding hydrogens is 121 g/mol. The Kier molecular flexibility index (Phi) is 3.63. The highest BCUT2D eigenvalue weighted by Crippen LogP contribution is 1.87. The highest BCUT2D eigenvalue weighted by atomic mass is 35.5. The number of halogens is 2. The normalized spacial score (nSPS) is 15.8. The van der Waals surface area contributed by atoms with Crippen molar-refractivity contribution in [1.82, 2.24) is 0 Å². The van der Waals surface area contributed by atoms with Crippen molar-refractivity contribution >= 4 is 23.2 Å². The minimum Gasteiger partial charge on any atom is -0.312 e. The molecule has 36 valence electrons. The molecule has 3 heteroatoms. The Hall–Kier alpha value is 0.280. The topological polar surface area (TPSA) is 26.0 Å². The molecule has 1 unspecified atom stereocenters. The molecule has 0 bridgehead atoms. The molecule has 0 aromatic rings. The van der Waals surface area contributed by atoms with Gasteiger partial charge in [0.15, 0.2) is 0 Å². The standard InChI is InChI=1S/C3H5Cl2N/c4-2-1-3(5)6/h1-3H,6H2. The summed E-state index contributed by atoms with van der Waals surface area (Å²) in [5, 5.41) is 0. The molecule has 0 spiro atoms. The highest BCUT2D eigenvalue weighted by Gasteiger charge is 1.80. The molecule has 0 saturated carbocycles. The molecule has 2 N–H and O–H groups in total. The van der Waals surface area contributed by atoms with Gasteiger partial charge in [-0.1, -0.05) is 11.6 Å². The van der Waals surface area contributed by atoms with Gasteiger partial charge in [0.05, 0.1) is 5.50 Å². The van der Waals surface area contributed by atoms with Crippen LogP contribution in [0.1, 0.15) is 0 Å². The molecule has 0 fully saturated rings. The van der Waals surface area contributed by atoms with Crippen molar-refractivity contribution in [3.8, 4) is 0 Å². The second-order valence-electron chi connectivity index (χ2n) is 0.763. The second-order valence-corrected chi connectivity index (χ2v) is 1.52. The van der Waals surface area contributed by atoms with Crippen molar-refractivity contribution < 1.29 is 0 Å². The van der Waals surface area contributed by atoms with Crippen molar-refractivity contribution in [3.05, 3.63) is 11.6 Å². The van der Waals surface area contributed by atoms with Crippen LogP contribution in [-0.4, -0.2) is 5.50 Å². The Morgan fingerprint density at radius 2 is 2.17 bits per heavy atom. The van der Waals surface area contributed by atoms with E-state index in [9.17, 15) is 0 Å². The number of hydrogen-bond donors (Lipinski definition) is 1. The summed E-state index contributed by atoms with van der Waals surface area (Å²) in [6.07, 6.45) is 1.48. The molecule has 1 nitrogen and oxygen atoms in total. The van der Waals surface area contributed by atoms with Crippen LogP contribution in [0.15, 0.2) is 11.6 Å². The maximum Gasteiger partial charge on any atom is 0.0998 e. The lowest BCUT2D eigenvalue weighted by atomic mass is 10.7. The summed E-state index contributed by atoms with van der Waals surface area (Å²) in [4.78, 5) is 0. The third-order valence-corrected chi connectivity index (χ3v) is 0.548. The lowest BCUT2D eigenvalue weighted by Gasteiger charge is -1.84. The third kappa shape index (κ3) is 4.28. The SMILES string of the molecule is NC(Cl)C=CCl. The molecule has 0 aliphatic carbocycles. The van der Waals surface area contributed by atoms with Crippen LogP contribution in [0.2, 0.25) is 0 Å².